The van der Waals surface area contributed by atoms with E-state index < -0.39 is 58.5 Å². The number of hydrogen-bond donors (Lipinski definition) is 10. The van der Waals surface area contributed by atoms with E-state index in [0.717, 1.165) is 48.5 Å². The summed E-state index contributed by atoms with van der Waals surface area (Å²) in [6.45, 7) is 0. The van der Waals surface area contributed by atoms with Gasteiger partial charge in [-0.05, 0) is 182 Å². The lowest BCUT2D eigenvalue weighted by Crippen LogP contribution is -2.09. The second-order valence-corrected chi connectivity index (χ2v) is 23.2. The third-order valence-corrected chi connectivity index (χ3v) is 15.9. The fraction of sp³-hybridized carbons (Fsp3) is 0.0400. The maximum absolute atomic E-state index is 14.0. The van der Waals surface area contributed by atoms with Crippen LogP contribution < -0.4 is 37.9 Å². The fourth-order valence-electron chi connectivity index (χ4n) is 10.7. The van der Waals surface area contributed by atoms with Gasteiger partial charge in [-0.25, -0.2) is 49.5 Å². The van der Waals surface area contributed by atoms with E-state index >= 15 is 0 Å². The van der Waals surface area contributed by atoms with Crippen LogP contribution in [0.1, 0.15) is 37.4 Å². The Morgan fingerprint density at radius 2 is 0.840 bits per heavy atom. The quantitative estimate of drug-likeness (QED) is 0.0138. The molecule has 0 saturated carbocycles. The molecular formula is C75H50F9N17O5. The summed E-state index contributed by atoms with van der Waals surface area (Å²) in [5, 5.41) is 51.3. The summed E-state index contributed by atoms with van der Waals surface area (Å²) >= 11 is 0. The molecule has 13 aromatic rings. The van der Waals surface area contributed by atoms with Crippen molar-refractivity contribution < 1.29 is 64.4 Å². The molecule has 0 aliphatic carbocycles. The zero-order chi connectivity index (χ0) is 74.4. The van der Waals surface area contributed by atoms with E-state index in [-0.39, 0.29) is 80.4 Å². The number of carboxylic acid groups (broad SMARTS) is 2. The van der Waals surface area contributed by atoms with Crippen LogP contribution in [0.15, 0.2) is 247 Å². The molecule has 11 N–H and O–H groups in total. The van der Waals surface area contributed by atoms with Gasteiger partial charge in [0.25, 0.3) is 0 Å². The largest absolute Gasteiger partial charge is 0.507 e. The highest BCUT2D eigenvalue weighted by molar-refractivity contribution is 5.92. The number of aromatic hydroxyl groups is 1. The first-order chi connectivity index (χ1) is 50.8. The summed E-state index contributed by atoms with van der Waals surface area (Å²) in [7, 11) is 0. The Kier molecular flexibility index (Phi) is 19.4. The standard InChI is InChI=1S/C75H50F9N17O5/c76-73(77,78)45-12-18-48(19-13-45)88-69-86-29-27-59(92-69)40-5-3-8-52(32-40)98-100-54-34-43(60-28-30-87-70(93-60)89-49-20-14-46(15-21-49)74(79,80)81)31-44(35-54)62-38-61(94-71(95-62)90-50-22-16-47(17-23-50)75(82,83)84)41-11-25-56(65(36-41)101-99-53-24-26-66(102)57(37-53)68(105)106)64-39-63(55-9-1-2-10-58(55)85)96-72(97-64)91-51-7-4-6-42(33-51)67(103)104/h1-39,98,100,102H,85H2,(H,103,104)(H,105,106)(H,86,88,92)(H,87,89,93)(H,90,94,95)(H,91,96,97)/b101-99+. The van der Waals surface area contributed by atoms with E-state index in [1.54, 1.807) is 115 Å². The van der Waals surface area contributed by atoms with Crippen LogP contribution in [0.2, 0.25) is 0 Å². The molecule has 0 bridgehead atoms. The SMILES string of the molecule is Nc1ccccc1-c1cc(-c2ccc(-c3cc(-c4cc(NNc5cccc(-c6ccnc(Nc7ccc(C(F)(F)F)cc7)n6)c5)cc(-c5ccnc(Nc6ccc(C(F)(F)F)cc6)n5)c4)nc(Nc4ccc(C(F)(F)F)cc4)n3)cc2/N=N/c2ccc(O)c(C(=O)O)c2)nc(Nc2cccc(C(=O)O)c2)n1. The molecule has 0 radical (unpaired) electrons. The maximum atomic E-state index is 14.0. The number of aromatic nitrogens is 8. The number of aromatic carboxylic acids is 2. The molecule has 0 spiro atoms. The molecule has 0 atom stereocenters. The average molecular weight is 1440 g/mol. The molecule has 4 aromatic heterocycles. The van der Waals surface area contributed by atoms with Gasteiger partial charge in [0.15, 0.2) is 0 Å². The van der Waals surface area contributed by atoms with Gasteiger partial charge in [0.2, 0.25) is 23.8 Å². The van der Waals surface area contributed by atoms with Crippen molar-refractivity contribution in [3.05, 3.63) is 265 Å². The number of carbonyl (C=O) groups is 2. The number of nitrogen functional groups attached to an aromatic ring is 1. The molecule has 106 heavy (non-hydrogen) atoms. The number of azo groups is 1. The van der Waals surface area contributed by atoms with Crippen LogP contribution in [0.25, 0.3) is 67.5 Å². The second-order valence-electron chi connectivity index (χ2n) is 23.2. The van der Waals surface area contributed by atoms with Crippen LogP contribution in [-0.4, -0.2) is 67.1 Å². The predicted molar refractivity (Wildman–Crippen MR) is 380 cm³/mol. The van der Waals surface area contributed by atoms with Gasteiger partial charge in [-0.3, -0.25) is 0 Å². The van der Waals surface area contributed by atoms with Crippen LogP contribution in [-0.2, 0) is 18.5 Å². The number of carboxylic acids is 2. The molecule has 0 aliphatic heterocycles. The Balaban J connectivity index is 0.934. The first kappa shape index (κ1) is 70.1. The third kappa shape index (κ3) is 16.8. The molecule has 0 fully saturated rings. The highest BCUT2D eigenvalue weighted by Crippen LogP contribution is 2.41. The number of benzene rings is 9. The van der Waals surface area contributed by atoms with Crippen LogP contribution in [0.5, 0.6) is 5.75 Å². The van der Waals surface area contributed by atoms with Gasteiger partial charge in [0.1, 0.15) is 11.3 Å². The van der Waals surface area contributed by atoms with Gasteiger partial charge < -0.3 is 53.2 Å². The lowest BCUT2D eigenvalue weighted by molar-refractivity contribution is -0.138. The number of anilines is 11. The van der Waals surface area contributed by atoms with Crippen LogP contribution in [0.3, 0.4) is 0 Å². The zero-order valence-electron chi connectivity index (χ0n) is 54.1. The monoisotopic (exact) mass is 1440 g/mol. The first-order valence-electron chi connectivity index (χ1n) is 31.4. The van der Waals surface area contributed by atoms with Crippen molar-refractivity contribution in [2.24, 2.45) is 10.2 Å². The predicted octanol–water partition coefficient (Wildman–Crippen LogP) is 19.4. The normalized spacial score (nSPS) is 11.6. The summed E-state index contributed by atoms with van der Waals surface area (Å²) in [5.74, 6) is -3.27. The van der Waals surface area contributed by atoms with Gasteiger partial charge in [-0.1, -0.05) is 42.5 Å². The summed E-state index contributed by atoms with van der Waals surface area (Å²) in [6.07, 6.45) is -10.9. The smallest absolute Gasteiger partial charge is 0.416 e. The van der Waals surface area contributed by atoms with E-state index in [1.165, 1.54) is 73.1 Å². The van der Waals surface area contributed by atoms with Gasteiger partial charge >= 0.3 is 30.5 Å². The van der Waals surface area contributed by atoms with Crippen molar-refractivity contribution in [2.45, 2.75) is 18.5 Å². The third-order valence-electron chi connectivity index (χ3n) is 15.9. The van der Waals surface area contributed by atoms with Crippen molar-refractivity contribution in [2.75, 3.05) is 37.9 Å². The number of halogens is 9. The number of phenols is 1. The highest BCUT2D eigenvalue weighted by Gasteiger charge is 2.32. The van der Waals surface area contributed by atoms with Crippen molar-refractivity contribution in [3.8, 4) is 73.3 Å². The Labute approximate surface area is 593 Å². The first-order valence-corrected chi connectivity index (χ1v) is 31.4. The molecule has 13 rings (SSSR count). The Hall–Kier alpha value is -14.4. The Bertz CT molecular complexity index is 5520. The van der Waals surface area contributed by atoms with Crippen molar-refractivity contribution >= 4 is 86.9 Å². The number of hydrazine groups is 1. The number of para-hydroxylation sites is 1. The Morgan fingerprint density at radius 3 is 1.42 bits per heavy atom. The fourth-order valence-corrected chi connectivity index (χ4v) is 10.7. The van der Waals surface area contributed by atoms with Gasteiger partial charge in [-0.15, -0.1) is 5.11 Å². The van der Waals surface area contributed by atoms with E-state index in [4.69, 9.17) is 30.7 Å². The van der Waals surface area contributed by atoms with E-state index in [0.29, 0.717) is 67.6 Å². The number of nitrogens with zero attached hydrogens (tertiary/aromatic N) is 10. The maximum Gasteiger partial charge on any atom is 0.416 e. The molecule has 0 amide bonds. The average Bonchev–Trinajstić information content (AvgIpc) is 0.781. The van der Waals surface area contributed by atoms with Gasteiger partial charge in [-0.2, -0.15) is 44.6 Å². The number of nitrogens with two attached hydrogens (primary N) is 1. The number of nitrogens with one attached hydrogen (secondary N) is 6. The highest BCUT2D eigenvalue weighted by atomic mass is 19.4. The van der Waals surface area contributed by atoms with Crippen molar-refractivity contribution in [1.82, 2.24) is 39.9 Å². The van der Waals surface area contributed by atoms with E-state index in [9.17, 15) is 64.4 Å². The number of rotatable bonds is 21. The second kappa shape index (κ2) is 29.3. The van der Waals surface area contributed by atoms with Crippen LogP contribution >= 0.6 is 0 Å². The Morgan fingerprint density at radius 1 is 0.368 bits per heavy atom. The molecule has 528 valence electrons. The molecular weight excluding hydrogens is 1390 g/mol. The summed E-state index contributed by atoms with van der Waals surface area (Å²) in [6, 6.07) is 52.4. The molecule has 0 saturated heterocycles. The minimum Gasteiger partial charge on any atom is -0.507 e. The summed E-state index contributed by atoms with van der Waals surface area (Å²) in [4.78, 5) is 61.6. The van der Waals surface area contributed by atoms with E-state index in [2.05, 4.69) is 57.3 Å². The van der Waals surface area contributed by atoms with Gasteiger partial charge in [0, 0.05) is 74.2 Å². The molecule has 4 heterocycles. The zero-order valence-corrected chi connectivity index (χ0v) is 54.1. The molecule has 31 heteroatoms. The molecule has 22 nitrogen and oxygen atoms in total. The lowest BCUT2D eigenvalue weighted by Gasteiger charge is -2.16. The van der Waals surface area contributed by atoms with Crippen molar-refractivity contribution in [3.63, 3.8) is 0 Å². The van der Waals surface area contributed by atoms with Crippen molar-refractivity contribution in [1.29, 1.82) is 0 Å². The van der Waals surface area contributed by atoms with Gasteiger partial charge in [0.05, 0.1) is 79.2 Å². The minimum atomic E-state index is -4.68. The topological polar surface area (TPSA) is 321 Å². The summed E-state index contributed by atoms with van der Waals surface area (Å²) < 4.78 is 123. The lowest BCUT2D eigenvalue weighted by atomic mass is 10.0. The summed E-state index contributed by atoms with van der Waals surface area (Å²) in [5.41, 5.74) is 15.9. The number of alkyl halides is 9. The number of hydrogen-bond acceptors (Lipinski definition) is 20. The minimum absolute atomic E-state index is 0.00723. The van der Waals surface area contributed by atoms with E-state index in [1.807, 2.05) is 0 Å². The van der Waals surface area contributed by atoms with Crippen LogP contribution in [0, 0.1) is 0 Å². The van der Waals surface area contributed by atoms with Crippen LogP contribution in [0.4, 0.5) is 114 Å². The molecule has 9 aromatic carbocycles. The molecule has 0 aliphatic rings. The molecule has 0 unspecified atom stereocenters.